The average molecular weight is 330 g/mol. The maximum atomic E-state index is 10.2. The molecule has 0 saturated carbocycles. The third-order valence-corrected chi connectivity index (χ3v) is 4.89. The van der Waals surface area contributed by atoms with Crippen molar-refractivity contribution in [2.24, 2.45) is 0 Å². The van der Waals surface area contributed by atoms with Gasteiger partial charge in [0.25, 0.3) is 0 Å². The number of hydrogen-bond acceptors (Lipinski definition) is 2. The molecule has 0 spiro atoms. The van der Waals surface area contributed by atoms with Crippen LogP contribution in [-0.2, 0) is 13.0 Å². The van der Waals surface area contributed by atoms with Crippen molar-refractivity contribution >= 4 is 0 Å². The molecular formula is C23H22O2. The second kappa shape index (κ2) is 7.12. The molecule has 4 rings (SSSR count). The van der Waals surface area contributed by atoms with Gasteiger partial charge in [0.15, 0.2) is 0 Å². The number of aliphatic hydroxyl groups excluding tert-OH is 1. The van der Waals surface area contributed by atoms with Gasteiger partial charge >= 0.3 is 0 Å². The quantitative estimate of drug-likeness (QED) is 0.703. The first-order valence-electron chi connectivity index (χ1n) is 8.88. The summed E-state index contributed by atoms with van der Waals surface area (Å²) in [6.07, 6.45) is 2.62. The predicted octanol–water partition coefficient (Wildman–Crippen LogP) is 5.30. The van der Waals surface area contributed by atoms with Gasteiger partial charge in [0.2, 0.25) is 0 Å². The minimum atomic E-state index is -0.322. The molecule has 0 heterocycles. The molecule has 25 heavy (non-hydrogen) atoms. The van der Waals surface area contributed by atoms with E-state index in [1.54, 1.807) is 0 Å². The molecule has 0 amide bonds. The molecule has 0 radical (unpaired) electrons. The van der Waals surface area contributed by atoms with Crippen LogP contribution in [0.1, 0.15) is 35.6 Å². The highest BCUT2D eigenvalue weighted by Gasteiger charge is 2.20. The molecule has 1 aliphatic rings. The molecule has 0 saturated heterocycles. The molecule has 0 bridgehead atoms. The lowest BCUT2D eigenvalue weighted by molar-refractivity contribution is 0.156. The van der Waals surface area contributed by atoms with Crippen molar-refractivity contribution in [2.45, 2.75) is 32.0 Å². The lowest BCUT2D eigenvalue weighted by Crippen LogP contribution is -2.10. The van der Waals surface area contributed by atoms with Crippen molar-refractivity contribution in [3.63, 3.8) is 0 Å². The van der Waals surface area contributed by atoms with Crippen molar-refractivity contribution in [1.29, 1.82) is 0 Å². The van der Waals surface area contributed by atoms with Crippen molar-refractivity contribution < 1.29 is 9.84 Å². The average Bonchev–Trinajstić information content (AvgIpc) is 2.68. The van der Waals surface area contributed by atoms with E-state index in [1.165, 1.54) is 16.7 Å². The Kier molecular flexibility index (Phi) is 4.53. The lowest BCUT2D eigenvalue weighted by atomic mass is 9.84. The van der Waals surface area contributed by atoms with E-state index in [0.717, 1.165) is 36.1 Å². The maximum Gasteiger partial charge on any atom is 0.119 e. The number of fused-ring (bicyclic) bond motifs is 1. The van der Waals surface area contributed by atoms with Crippen LogP contribution in [0.25, 0.3) is 11.1 Å². The Morgan fingerprint density at radius 1 is 0.880 bits per heavy atom. The largest absolute Gasteiger partial charge is 0.489 e. The summed E-state index contributed by atoms with van der Waals surface area (Å²) >= 11 is 0. The lowest BCUT2D eigenvalue weighted by Gasteiger charge is -2.24. The van der Waals surface area contributed by atoms with Crippen LogP contribution < -0.4 is 4.74 Å². The van der Waals surface area contributed by atoms with E-state index in [0.29, 0.717) is 6.61 Å². The summed E-state index contributed by atoms with van der Waals surface area (Å²) < 4.78 is 5.87. The Labute approximate surface area is 148 Å². The van der Waals surface area contributed by atoms with Crippen molar-refractivity contribution in [3.8, 4) is 16.9 Å². The highest BCUT2D eigenvalue weighted by atomic mass is 16.5. The molecule has 2 nitrogen and oxygen atoms in total. The zero-order valence-corrected chi connectivity index (χ0v) is 14.2. The van der Waals surface area contributed by atoms with Gasteiger partial charge in [-0.05, 0) is 59.2 Å². The van der Waals surface area contributed by atoms with E-state index >= 15 is 0 Å². The van der Waals surface area contributed by atoms with Gasteiger partial charge in [-0.15, -0.1) is 0 Å². The van der Waals surface area contributed by atoms with E-state index in [-0.39, 0.29) is 6.10 Å². The maximum absolute atomic E-state index is 10.2. The molecule has 0 aromatic heterocycles. The molecule has 126 valence electrons. The Morgan fingerprint density at radius 3 is 2.48 bits per heavy atom. The SMILES string of the molecule is OC1CCCc2c(-c3ccc(OCc4ccccc4)cc3)cccc21. The van der Waals surface area contributed by atoms with Gasteiger partial charge in [-0.2, -0.15) is 0 Å². The van der Waals surface area contributed by atoms with Crippen LogP contribution >= 0.6 is 0 Å². The summed E-state index contributed by atoms with van der Waals surface area (Å²) in [4.78, 5) is 0. The van der Waals surface area contributed by atoms with Crippen molar-refractivity contribution in [2.75, 3.05) is 0 Å². The number of aliphatic hydroxyl groups is 1. The third-order valence-electron chi connectivity index (χ3n) is 4.89. The van der Waals surface area contributed by atoms with Gasteiger partial charge in [0.05, 0.1) is 6.10 Å². The predicted molar refractivity (Wildman–Crippen MR) is 101 cm³/mol. The Morgan fingerprint density at radius 2 is 1.68 bits per heavy atom. The third kappa shape index (κ3) is 3.45. The first kappa shape index (κ1) is 15.9. The molecule has 1 aliphatic carbocycles. The van der Waals surface area contributed by atoms with Crippen LogP contribution in [0.5, 0.6) is 5.75 Å². The Bertz CT molecular complexity index is 838. The van der Waals surface area contributed by atoms with Gasteiger partial charge in [-0.3, -0.25) is 0 Å². The van der Waals surface area contributed by atoms with Gasteiger partial charge in [0.1, 0.15) is 12.4 Å². The van der Waals surface area contributed by atoms with Crippen LogP contribution in [-0.4, -0.2) is 5.11 Å². The minimum Gasteiger partial charge on any atom is -0.489 e. The summed E-state index contributed by atoms with van der Waals surface area (Å²) in [5.41, 5.74) is 5.95. The number of benzene rings is 3. The smallest absolute Gasteiger partial charge is 0.119 e. The summed E-state index contributed by atoms with van der Waals surface area (Å²) in [5.74, 6) is 0.873. The zero-order valence-electron chi connectivity index (χ0n) is 14.2. The summed E-state index contributed by atoms with van der Waals surface area (Å²) in [5, 5.41) is 10.2. The molecule has 1 atom stereocenters. The van der Waals surface area contributed by atoms with E-state index in [1.807, 2.05) is 36.4 Å². The first-order chi connectivity index (χ1) is 12.3. The fourth-order valence-electron chi connectivity index (χ4n) is 3.57. The number of hydrogen-bond donors (Lipinski definition) is 1. The zero-order chi connectivity index (χ0) is 17.1. The Hall–Kier alpha value is -2.58. The minimum absolute atomic E-state index is 0.322. The molecule has 0 aliphatic heterocycles. The van der Waals surface area contributed by atoms with Crippen LogP contribution in [0.3, 0.4) is 0 Å². The summed E-state index contributed by atoms with van der Waals surface area (Å²) in [7, 11) is 0. The van der Waals surface area contributed by atoms with Crippen LogP contribution in [0.2, 0.25) is 0 Å². The van der Waals surface area contributed by atoms with Gasteiger partial charge < -0.3 is 9.84 Å². The highest BCUT2D eigenvalue weighted by molar-refractivity contribution is 5.70. The molecule has 1 unspecified atom stereocenters. The molecule has 3 aromatic carbocycles. The summed E-state index contributed by atoms with van der Waals surface area (Å²) in [6, 6.07) is 24.7. The standard InChI is InChI=1S/C23H22O2/c24-23-11-5-9-21-20(8-4-10-22(21)23)18-12-14-19(15-13-18)25-16-17-6-2-1-3-7-17/h1-4,6-8,10,12-15,23-24H,5,9,11,16H2. The summed E-state index contributed by atoms with van der Waals surface area (Å²) in [6.45, 7) is 0.577. The second-order valence-corrected chi connectivity index (χ2v) is 6.58. The van der Waals surface area contributed by atoms with E-state index in [2.05, 4.69) is 36.4 Å². The number of rotatable bonds is 4. The first-order valence-corrected chi connectivity index (χ1v) is 8.88. The van der Waals surface area contributed by atoms with E-state index < -0.39 is 0 Å². The monoisotopic (exact) mass is 330 g/mol. The van der Waals surface area contributed by atoms with E-state index in [9.17, 15) is 5.11 Å². The molecule has 1 N–H and O–H groups in total. The van der Waals surface area contributed by atoms with Crippen molar-refractivity contribution in [1.82, 2.24) is 0 Å². The van der Waals surface area contributed by atoms with Crippen molar-refractivity contribution in [3.05, 3.63) is 89.5 Å². The fourth-order valence-corrected chi connectivity index (χ4v) is 3.57. The number of ether oxygens (including phenoxy) is 1. The molecular weight excluding hydrogens is 308 g/mol. The normalized spacial score (nSPS) is 16.3. The topological polar surface area (TPSA) is 29.5 Å². The van der Waals surface area contributed by atoms with Gasteiger partial charge in [-0.25, -0.2) is 0 Å². The van der Waals surface area contributed by atoms with Crippen LogP contribution in [0.4, 0.5) is 0 Å². The van der Waals surface area contributed by atoms with Crippen LogP contribution in [0.15, 0.2) is 72.8 Å². The highest BCUT2D eigenvalue weighted by Crippen LogP contribution is 2.36. The molecule has 0 fully saturated rings. The van der Waals surface area contributed by atoms with Gasteiger partial charge in [0, 0.05) is 0 Å². The molecule has 2 heteroatoms. The molecule has 3 aromatic rings. The van der Waals surface area contributed by atoms with Crippen LogP contribution in [0, 0.1) is 0 Å². The fraction of sp³-hybridized carbons (Fsp3) is 0.217. The Balaban J connectivity index is 1.54. The van der Waals surface area contributed by atoms with Gasteiger partial charge in [-0.1, -0.05) is 60.7 Å². The second-order valence-electron chi connectivity index (χ2n) is 6.58. The van der Waals surface area contributed by atoms with E-state index in [4.69, 9.17) is 4.74 Å².